The van der Waals surface area contributed by atoms with Crippen LogP contribution in [0.25, 0.3) is 0 Å². The molecule has 2 heterocycles. The molecule has 2 fully saturated rings. The van der Waals surface area contributed by atoms with E-state index >= 15 is 0 Å². The summed E-state index contributed by atoms with van der Waals surface area (Å²) in [7, 11) is 0. The van der Waals surface area contributed by atoms with Gasteiger partial charge in [-0.1, -0.05) is 17.7 Å². The number of halogens is 1. The van der Waals surface area contributed by atoms with Crippen LogP contribution in [-0.2, 0) is 14.3 Å². The van der Waals surface area contributed by atoms with Gasteiger partial charge in [0.15, 0.2) is 0 Å². The summed E-state index contributed by atoms with van der Waals surface area (Å²) < 4.78 is 5.68. The van der Waals surface area contributed by atoms with Crippen molar-refractivity contribution in [3.05, 3.63) is 28.8 Å². The molecule has 6 heteroatoms. The Morgan fingerprint density at radius 3 is 2.50 bits per heavy atom. The lowest BCUT2D eigenvalue weighted by Crippen LogP contribution is -2.50. The minimum Gasteiger partial charge on any atom is -0.372 e. The molecule has 0 radical (unpaired) electrons. The van der Waals surface area contributed by atoms with Gasteiger partial charge >= 0.3 is 0 Å². The minimum atomic E-state index is -0.296. The molecule has 2 aliphatic rings. The summed E-state index contributed by atoms with van der Waals surface area (Å²) in [5.74, 6) is -0.274. The summed E-state index contributed by atoms with van der Waals surface area (Å²) >= 11 is 6.17. The smallest absolute Gasteiger partial charge is 0.228 e. The zero-order valence-electron chi connectivity index (χ0n) is 14.3. The fourth-order valence-electron chi connectivity index (χ4n) is 3.49. The van der Waals surface area contributed by atoms with Crippen molar-refractivity contribution in [3.8, 4) is 0 Å². The van der Waals surface area contributed by atoms with Gasteiger partial charge in [0.1, 0.15) is 0 Å². The second-order valence-electron chi connectivity index (χ2n) is 6.84. The first-order chi connectivity index (χ1) is 11.3. The van der Waals surface area contributed by atoms with E-state index in [0.29, 0.717) is 24.7 Å². The van der Waals surface area contributed by atoms with E-state index in [1.54, 1.807) is 11.0 Å². The number of hydrogen-bond donors (Lipinski definition) is 0. The summed E-state index contributed by atoms with van der Waals surface area (Å²) in [5.41, 5.74) is 1.73. The molecule has 24 heavy (non-hydrogen) atoms. The van der Waals surface area contributed by atoms with Crippen molar-refractivity contribution >= 4 is 29.1 Å². The Labute approximate surface area is 147 Å². The van der Waals surface area contributed by atoms with Crippen molar-refractivity contribution in [2.24, 2.45) is 5.92 Å². The molecule has 0 spiro atoms. The van der Waals surface area contributed by atoms with E-state index in [1.807, 2.05) is 37.8 Å². The van der Waals surface area contributed by atoms with E-state index in [2.05, 4.69) is 0 Å². The molecule has 0 saturated carbocycles. The Kier molecular flexibility index (Phi) is 4.83. The zero-order chi connectivity index (χ0) is 17.4. The fraction of sp³-hybridized carbons (Fsp3) is 0.556. The number of carbonyl (C=O) groups is 2. The van der Waals surface area contributed by atoms with Crippen molar-refractivity contribution in [2.45, 2.75) is 39.4 Å². The second kappa shape index (κ2) is 6.73. The van der Waals surface area contributed by atoms with Crippen LogP contribution in [0.3, 0.4) is 0 Å². The van der Waals surface area contributed by atoms with Gasteiger partial charge in [0, 0.05) is 36.8 Å². The van der Waals surface area contributed by atoms with Crippen molar-refractivity contribution < 1.29 is 14.3 Å². The lowest BCUT2D eigenvalue weighted by Gasteiger charge is -2.36. The predicted molar refractivity (Wildman–Crippen MR) is 93.2 cm³/mol. The number of anilines is 1. The van der Waals surface area contributed by atoms with Crippen LogP contribution < -0.4 is 4.90 Å². The zero-order valence-corrected chi connectivity index (χ0v) is 15.0. The van der Waals surface area contributed by atoms with E-state index in [9.17, 15) is 9.59 Å². The number of hydrogen-bond acceptors (Lipinski definition) is 3. The third-order valence-corrected chi connectivity index (χ3v) is 5.08. The Morgan fingerprint density at radius 1 is 1.21 bits per heavy atom. The van der Waals surface area contributed by atoms with E-state index in [1.165, 1.54) is 0 Å². The lowest BCUT2D eigenvalue weighted by molar-refractivity contribution is -0.147. The van der Waals surface area contributed by atoms with Crippen LogP contribution >= 0.6 is 11.6 Å². The van der Waals surface area contributed by atoms with Crippen LogP contribution in [0.1, 0.15) is 25.8 Å². The first kappa shape index (κ1) is 17.2. The van der Waals surface area contributed by atoms with Crippen molar-refractivity contribution in [1.82, 2.24) is 4.90 Å². The van der Waals surface area contributed by atoms with Gasteiger partial charge in [-0.05, 0) is 38.5 Å². The Hall–Kier alpha value is -1.59. The molecule has 3 unspecified atom stereocenters. The normalized spacial score (nSPS) is 27.7. The first-order valence-corrected chi connectivity index (χ1v) is 8.73. The molecule has 5 nitrogen and oxygen atoms in total. The molecule has 3 atom stereocenters. The van der Waals surface area contributed by atoms with Gasteiger partial charge < -0.3 is 14.5 Å². The maximum absolute atomic E-state index is 12.8. The molecule has 130 valence electrons. The van der Waals surface area contributed by atoms with Crippen LogP contribution in [-0.4, -0.2) is 48.6 Å². The first-order valence-electron chi connectivity index (χ1n) is 8.36. The van der Waals surface area contributed by atoms with Gasteiger partial charge in [-0.15, -0.1) is 0 Å². The molecule has 0 aromatic heterocycles. The van der Waals surface area contributed by atoms with Crippen LogP contribution in [0, 0.1) is 12.8 Å². The summed E-state index contributed by atoms with van der Waals surface area (Å²) in [5, 5.41) is 0.630. The molecular formula is C18H23ClN2O3. The highest BCUT2D eigenvalue weighted by atomic mass is 35.5. The number of carbonyl (C=O) groups excluding carboxylic acids is 2. The van der Waals surface area contributed by atoms with Crippen LogP contribution in [0.5, 0.6) is 0 Å². The average molecular weight is 351 g/mol. The van der Waals surface area contributed by atoms with Gasteiger partial charge in [0.25, 0.3) is 0 Å². The molecular weight excluding hydrogens is 328 g/mol. The van der Waals surface area contributed by atoms with Gasteiger partial charge in [-0.2, -0.15) is 0 Å². The molecule has 2 amide bonds. The van der Waals surface area contributed by atoms with Crippen molar-refractivity contribution in [1.29, 1.82) is 0 Å². The predicted octanol–water partition coefficient (Wildman–Crippen LogP) is 2.64. The maximum atomic E-state index is 12.8. The number of ether oxygens (including phenoxy) is 1. The number of rotatable bonds is 2. The standard InChI is InChI=1S/C18H23ClN2O3/c1-11-4-5-15(7-16(11)19)21-10-14(6-17(21)22)18(23)20-8-12(2)24-13(3)9-20/h4-5,7,12-14H,6,8-10H2,1-3H3. The highest BCUT2D eigenvalue weighted by Crippen LogP contribution is 2.30. The molecule has 2 aliphatic heterocycles. The van der Waals surface area contributed by atoms with Crippen LogP contribution in [0.15, 0.2) is 18.2 Å². The van der Waals surface area contributed by atoms with Gasteiger partial charge in [-0.25, -0.2) is 0 Å². The van der Waals surface area contributed by atoms with Gasteiger partial charge in [0.05, 0.1) is 18.1 Å². The van der Waals surface area contributed by atoms with E-state index < -0.39 is 0 Å². The minimum absolute atomic E-state index is 0.0253. The maximum Gasteiger partial charge on any atom is 0.228 e. The van der Waals surface area contributed by atoms with E-state index in [4.69, 9.17) is 16.3 Å². The third-order valence-electron chi connectivity index (χ3n) is 4.67. The number of aryl methyl sites for hydroxylation is 1. The summed E-state index contributed by atoms with van der Waals surface area (Å²) in [4.78, 5) is 28.7. The molecule has 3 rings (SSSR count). The molecule has 0 bridgehead atoms. The Morgan fingerprint density at radius 2 is 1.88 bits per heavy atom. The fourth-order valence-corrected chi connectivity index (χ4v) is 3.66. The summed E-state index contributed by atoms with van der Waals surface area (Å²) in [6, 6.07) is 5.57. The topological polar surface area (TPSA) is 49.9 Å². The van der Waals surface area contributed by atoms with E-state index in [-0.39, 0.29) is 36.4 Å². The summed E-state index contributed by atoms with van der Waals surface area (Å²) in [6.45, 7) is 7.45. The number of morpholine rings is 1. The van der Waals surface area contributed by atoms with E-state index in [0.717, 1.165) is 11.3 Å². The van der Waals surface area contributed by atoms with Crippen LogP contribution in [0.4, 0.5) is 5.69 Å². The number of benzene rings is 1. The highest BCUT2D eigenvalue weighted by molar-refractivity contribution is 6.31. The molecule has 0 N–H and O–H groups in total. The largest absolute Gasteiger partial charge is 0.372 e. The molecule has 2 saturated heterocycles. The Bertz CT molecular complexity index is 654. The Balaban J connectivity index is 1.72. The SMILES string of the molecule is Cc1ccc(N2CC(C(=O)N3CC(C)OC(C)C3)CC2=O)cc1Cl. The van der Waals surface area contributed by atoms with Gasteiger partial charge in [0.2, 0.25) is 11.8 Å². The molecule has 0 aliphatic carbocycles. The quantitative estimate of drug-likeness (QED) is 0.824. The van der Waals surface area contributed by atoms with Crippen molar-refractivity contribution in [3.63, 3.8) is 0 Å². The second-order valence-corrected chi connectivity index (χ2v) is 7.25. The average Bonchev–Trinajstić information content (AvgIpc) is 2.90. The molecule has 1 aromatic rings. The number of nitrogens with zero attached hydrogens (tertiary/aromatic N) is 2. The van der Waals surface area contributed by atoms with Gasteiger partial charge in [-0.3, -0.25) is 9.59 Å². The highest BCUT2D eigenvalue weighted by Gasteiger charge is 2.39. The monoisotopic (exact) mass is 350 g/mol. The lowest BCUT2D eigenvalue weighted by atomic mass is 10.1. The summed E-state index contributed by atoms with van der Waals surface area (Å²) in [6.07, 6.45) is 0.313. The number of amides is 2. The third kappa shape index (κ3) is 3.42. The van der Waals surface area contributed by atoms with Crippen LogP contribution in [0.2, 0.25) is 5.02 Å². The van der Waals surface area contributed by atoms with Crippen molar-refractivity contribution in [2.75, 3.05) is 24.5 Å². The molecule has 1 aromatic carbocycles.